The Hall–Kier alpha value is -1.62. The lowest BCUT2D eigenvalue weighted by atomic mass is 10.2. The van der Waals surface area contributed by atoms with E-state index >= 15 is 0 Å². The highest BCUT2D eigenvalue weighted by atomic mass is 16.5. The van der Waals surface area contributed by atoms with Gasteiger partial charge < -0.3 is 15.0 Å². The van der Waals surface area contributed by atoms with Crippen LogP contribution in [0.25, 0.3) is 0 Å². The molecule has 2 saturated heterocycles. The number of nitrogens with zero attached hydrogens (tertiary/aromatic N) is 2. The molecule has 0 saturated carbocycles. The molecule has 1 N–H and O–H groups in total. The fraction of sp³-hybridized carbons (Fsp3) is 0.647. The second kappa shape index (κ2) is 7.58. The van der Waals surface area contributed by atoms with Crippen molar-refractivity contribution in [1.82, 2.24) is 9.88 Å². The van der Waals surface area contributed by atoms with E-state index in [2.05, 4.69) is 10.3 Å². The van der Waals surface area contributed by atoms with Crippen molar-refractivity contribution in [2.75, 3.05) is 31.6 Å². The molecule has 120 valence electrons. The lowest BCUT2D eigenvalue weighted by molar-refractivity contribution is 0.0756. The van der Waals surface area contributed by atoms with Gasteiger partial charge in [-0.2, -0.15) is 0 Å². The fourth-order valence-electron chi connectivity index (χ4n) is 3.10. The fourth-order valence-corrected chi connectivity index (χ4v) is 3.10. The molecule has 0 bridgehead atoms. The van der Waals surface area contributed by atoms with E-state index in [0.29, 0.717) is 11.8 Å². The number of ether oxygens (including phenoxy) is 1. The van der Waals surface area contributed by atoms with Gasteiger partial charge in [-0.15, -0.1) is 0 Å². The van der Waals surface area contributed by atoms with Crippen LogP contribution in [-0.2, 0) is 4.74 Å². The molecule has 5 nitrogen and oxygen atoms in total. The molecule has 2 aliphatic rings. The second-order valence-electron chi connectivity index (χ2n) is 6.15. The van der Waals surface area contributed by atoms with Crippen LogP contribution in [0.2, 0.25) is 0 Å². The van der Waals surface area contributed by atoms with Crippen molar-refractivity contribution in [3.63, 3.8) is 0 Å². The predicted molar refractivity (Wildman–Crippen MR) is 86.1 cm³/mol. The minimum Gasteiger partial charge on any atom is -0.381 e. The van der Waals surface area contributed by atoms with Crippen molar-refractivity contribution >= 4 is 11.6 Å². The molecule has 1 unspecified atom stereocenters. The highest BCUT2D eigenvalue weighted by Gasteiger charge is 2.18. The molecule has 0 aromatic carbocycles. The van der Waals surface area contributed by atoms with E-state index in [4.69, 9.17) is 4.74 Å². The summed E-state index contributed by atoms with van der Waals surface area (Å²) in [6, 6.07) is 3.76. The third-order valence-electron chi connectivity index (χ3n) is 4.43. The standard InChI is InChI=1S/C17H25N3O2/c21-17(20-9-3-1-2-4-10-20)16-8-7-14(12-19-16)18-13-15-6-5-11-22-15/h7-8,12,15,18H,1-6,9-11,13H2. The lowest BCUT2D eigenvalue weighted by Crippen LogP contribution is -2.32. The molecule has 1 aromatic heterocycles. The molecule has 1 aromatic rings. The number of hydrogen-bond acceptors (Lipinski definition) is 4. The summed E-state index contributed by atoms with van der Waals surface area (Å²) in [4.78, 5) is 18.7. The molecule has 1 atom stereocenters. The van der Waals surface area contributed by atoms with Crippen molar-refractivity contribution in [1.29, 1.82) is 0 Å². The molecule has 0 aliphatic carbocycles. The third kappa shape index (κ3) is 3.97. The Morgan fingerprint density at radius 1 is 1.23 bits per heavy atom. The summed E-state index contributed by atoms with van der Waals surface area (Å²) in [5.41, 5.74) is 1.49. The van der Waals surface area contributed by atoms with Gasteiger partial charge in [-0.25, -0.2) is 4.98 Å². The van der Waals surface area contributed by atoms with E-state index in [1.807, 2.05) is 17.0 Å². The van der Waals surface area contributed by atoms with Crippen LogP contribution in [0.5, 0.6) is 0 Å². The SMILES string of the molecule is O=C(c1ccc(NCC2CCCO2)cn1)N1CCCCCC1. The maximum atomic E-state index is 12.5. The molecular formula is C17H25N3O2. The Morgan fingerprint density at radius 3 is 2.68 bits per heavy atom. The zero-order chi connectivity index (χ0) is 15.2. The van der Waals surface area contributed by atoms with E-state index in [1.54, 1.807) is 6.20 Å². The summed E-state index contributed by atoms with van der Waals surface area (Å²) in [5, 5.41) is 3.33. The van der Waals surface area contributed by atoms with Gasteiger partial charge in [-0.1, -0.05) is 12.8 Å². The third-order valence-corrected chi connectivity index (χ3v) is 4.43. The summed E-state index contributed by atoms with van der Waals surface area (Å²) < 4.78 is 5.58. The first-order chi connectivity index (χ1) is 10.8. The van der Waals surface area contributed by atoms with Crippen LogP contribution in [0.15, 0.2) is 18.3 Å². The van der Waals surface area contributed by atoms with Crippen molar-refractivity contribution in [2.24, 2.45) is 0 Å². The topological polar surface area (TPSA) is 54.5 Å². The Morgan fingerprint density at radius 2 is 2.05 bits per heavy atom. The highest BCUT2D eigenvalue weighted by Crippen LogP contribution is 2.15. The highest BCUT2D eigenvalue weighted by molar-refractivity contribution is 5.92. The van der Waals surface area contributed by atoms with Crippen LogP contribution in [0.4, 0.5) is 5.69 Å². The van der Waals surface area contributed by atoms with Crippen molar-refractivity contribution in [2.45, 2.75) is 44.6 Å². The van der Waals surface area contributed by atoms with E-state index in [-0.39, 0.29) is 5.91 Å². The van der Waals surface area contributed by atoms with Crippen molar-refractivity contribution in [3.05, 3.63) is 24.0 Å². The maximum Gasteiger partial charge on any atom is 0.272 e. The number of carbonyl (C=O) groups is 1. The monoisotopic (exact) mass is 303 g/mol. The molecule has 0 radical (unpaired) electrons. The average molecular weight is 303 g/mol. The number of rotatable bonds is 4. The molecule has 0 spiro atoms. The van der Waals surface area contributed by atoms with Crippen LogP contribution >= 0.6 is 0 Å². The number of pyridine rings is 1. The number of likely N-dealkylation sites (tertiary alicyclic amines) is 1. The zero-order valence-electron chi connectivity index (χ0n) is 13.1. The van der Waals surface area contributed by atoms with Gasteiger partial charge in [-0.05, 0) is 37.8 Å². The van der Waals surface area contributed by atoms with E-state index in [1.165, 1.54) is 12.8 Å². The van der Waals surface area contributed by atoms with Crippen LogP contribution in [0.1, 0.15) is 49.0 Å². The first-order valence-electron chi connectivity index (χ1n) is 8.44. The summed E-state index contributed by atoms with van der Waals surface area (Å²) in [6.45, 7) is 3.40. The van der Waals surface area contributed by atoms with Gasteiger partial charge in [0, 0.05) is 26.2 Å². The first-order valence-corrected chi connectivity index (χ1v) is 8.44. The second-order valence-corrected chi connectivity index (χ2v) is 6.15. The van der Waals surface area contributed by atoms with Crippen molar-refractivity contribution in [3.8, 4) is 0 Å². The smallest absolute Gasteiger partial charge is 0.272 e. The van der Waals surface area contributed by atoms with Crippen LogP contribution in [0, 0.1) is 0 Å². The normalized spacial score (nSPS) is 22.4. The summed E-state index contributed by atoms with van der Waals surface area (Å²) in [6.07, 6.45) is 8.98. The predicted octanol–water partition coefficient (Wildman–Crippen LogP) is 2.69. The molecule has 2 fully saturated rings. The summed E-state index contributed by atoms with van der Waals surface area (Å²) in [7, 11) is 0. The molecule has 3 heterocycles. The number of amides is 1. The minimum absolute atomic E-state index is 0.0626. The lowest BCUT2D eigenvalue weighted by Gasteiger charge is -2.19. The van der Waals surface area contributed by atoms with Gasteiger partial charge in [0.05, 0.1) is 18.0 Å². The average Bonchev–Trinajstić information content (AvgIpc) is 2.93. The molecule has 5 heteroatoms. The molecule has 2 aliphatic heterocycles. The Kier molecular flexibility index (Phi) is 5.27. The van der Waals surface area contributed by atoms with E-state index in [0.717, 1.165) is 57.6 Å². The number of anilines is 1. The van der Waals surface area contributed by atoms with E-state index in [9.17, 15) is 4.79 Å². The quantitative estimate of drug-likeness (QED) is 0.929. The molecule has 3 rings (SSSR count). The minimum atomic E-state index is 0.0626. The van der Waals surface area contributed by atoms with Gasteiger partial charge >= 0.3 is 0 Å². The number of hydrogen-bond donors (Lipinski definition) is 1. The largest absolute Gasteiger partial charge is 0.381 e. The van der Waals surface area contributed by atoms with Gasteiger partial charge in [0.2, 0.25) is 0 Å². The zero-order valence-corrected chi connectivity index (χ0v) is 13.1. The van der Waals surface area contributed by atoms with Gasteiger partial charge in [0.15, 0.2) is 0 Å². The first kappa shape index (κ1) is 15.3. The number of aromatic nitrogens is 1. The van der Waals surface area contributed by atoms with Crippen molar-refractivity contribution < 1.29 is 9.53 Å². The number of nitrogens with one attached hydrogen (secondary N) is 1. The summed E-state index contributed by atoms with van der Waals surface area (Å²) in [5.74, 6) is 0.0626. The Bertz CT molecular complexity index is 475. The van der Waals surface area contributed by atoms with Crippen LogP contribution < -0.4 is 5.32 Å². The Labute approximate surface area is 132 Å². The van der Waals surface area contributed by atoms with Crippen LogP contribution in [-0.4, -0.2) is 48.1 Å². The molecule has 1 amide bonds. The number of carbonyl (C=O) groups excluding carboxylic acids is 1. The summed E-state index contributed by atoms with van der Waals surface area (Å²) >= 11 is 0. The van der Waals surface area contributed by atoms with Gasteiger partial charge in [0.1, 0.15) is 5.69 Å². The molecular weight excluding hydrogens is 278 g/mol. The molecule has 22 heavy (non-hydrogen) atoms. The Balaban J connectivity index is 1.54. The van der Waals surface area contributed by atoms with Crippen LogP contribution in [0.3, 0.4) is 0 Å². The maximum absolute atomic E-state index is 12.5. The van der Waals surface area contributed by atoms with Gasteiger partial charge in [-0.3, -0.25) is 4.79 Å². The van der Waals surface area contributed by atoms with Gasteiger partial charge in [0.25, 0.3) is 5.91 Å². The van der Waals surface area contributed by atoms with E-state index < -0.39 is 0 Å².